The molecular formula is C33H31BrClN5O4. The van der Waals surface area contributed by atoms with Crippen LogP contribution in [0.5, 0.6) is 0 Å². The predicted molar refractivity (Wildman–Crippen MR) is 172 cm³/mol. The Morgan fingerprint density at radius 2 is 1.70 bits per heavy atom. The molecule has 2 aliphatic heterocycles. The SMILES string of the molecule is O=C(NCc1ccccc1)c1c2n(c(=O)n1-c1ccc(N3CCOC4(CC4)C3)cc1)CCN(C(=O)c1ccc(Br)c(Cl)c1)C2. The smallest absolute Gasteiger partial charge is 0.333 e. The number of fused-ring (bicyclic) bond motifs is 1. The molecule has 0 bridgehead atoms. The lowest BCUT2D eigenvalue weighted by molar-refractivity contribution is 0.0206. The van der Waals surface area contributed by atoms with Crippen molar-refractivity contribution in [2.75, 3.05) is 31.1 Å². The molecule has 9 nitrogen and oxygen atoms in total. The molecule has 3 aromatic carbocycles. The summed E-state index contributed by atoms with van der Waals surface area (Å²) >= 11 is 9.64. The first-order valence-corrected chi connectivity index (χ1v) is 15.9. The van der Waals surface area contributed by atoms with E-state index in [1.54, 1.807) is 27.7 Å². The zero-order valence-corrected chi connectivity index (χ0v) is 26.3. The Morgan fingerprint density at radius 3 is 2.43 bits per heavy atom. The molecule has 1 N–H and O–H groups in total. The van der Waals surface area contributed by atoms with E-state index < -0.39 is 0 Å². The number of anilines is 1. The van der Waals surface area contributed by atoms with Crippen molar-refractivity contribution in [1.29, 1.82) is 0 Å². The topological polar surface area (TPSA) is 88.8 Å². The lowest BCUT2D eigenvalue weighted by Crippen LogP contribution is -2.43. The number of nitrogens with zero attached hydrogens (tertiary/aromatic N) is 4. The van der Waals surface area contributed by atoms with Crippen molar-refractivity contribution in [3.05, 3.63) is 115 Å². The van der Waals surface area contributed by atoms with Crippen LogP contribution in [0.1, 0.15) is 44.9 Å². The van der Waals surface area contributed by atoms with Gasteiger partial charge in [-0.15, -0.1) is 0 Å². The number of aromatic nitrogens is 2. The van der Waals surface area contributed by atoms with Gasteiger partial charge in [0.1, 0.15) is 5.69 Å². The van der Waals surface area contributed by atoms with Gasteiger partial charge in [-0.1, -0.05) is 41.9 Å². The molecule has 3 aliphatic rings. The number of rotatable bonds is 6. The number of carbonyl (C=O) groups excluding carboxylic acids is 2. The van der Waals surface area contributed by atoms with Crippen LogP contribution in [0.3, 0.4) is 0 Å². The highest BCUT2D eigenvalue weighted by Gasteiger charge is 2.47. The fourth-order valence-corrected chi connectivity index (χ4v) is 6.53. The zero-order chi connectivity index (χ0) is 30.4. The minimum Gasteiger partial charge on any atom is -0.371 e. The number of halogens is 2. The highest BCUT2D eigenvalue weighted by molar-refractivity contribution is 9.10. The molecule has 2 amide bonds. The molecule has 1 spiro atoms. The average Bonchev–Trinajstić information content (AvgIpc) is 3.73. The second-order valence-electron chi connectivity index (χ2n) is 11.6. The number of amides is 2. The second kappa shape index (κ2) is 11.6. The van der Waals surface area contributed by atoms with Crippen molar-refractivity contribution >= 4 is 45.0 Å². The summed E-state index contributed by atoms with van der Waals surface area (Å²) in [6.07, 6.45) is 2.17. The summed E-state index contributed by atoms with van der Waals surface area (Å²) in [5.74, 6) is -0.599. The van der Waals surface area contributed by atoms with Crippen LogP contribution < -0.4 is 15.9 Å². The van der Waals surface area contributed by atoms with Crippen LogP contribution in [-0.2, 0) is 24.4 Å². The van der Waals surface area contributed by atoms with Gasteiger partial charge in [0.2, 0.25) is 0 Å². The summed E-state index contributed by atoms with van der Waals surface area (Å²) in [5, 5.41) is 3.43. The highest BCUT2D eigenvalue weighted by atomic mass is 79.9. The molecule has 1 saturated heterocycles. The number of nitrogens with one attached hydrogen (secondary N) is 1. The average molecular weight is 677 g/mol. The third kappa shape index (κ3) is 5.46. The molecule has 4 aromatic rings. The van der Waals surface area contributed by atoms with Crippen molar-refractivity contribution in [1.82, 2.24) is 19.4 Å². The van der Waals surface area contributed by atoms with Crippen molar-refractivity contribution in [3.63, 3.8) is 0 Å². The van der Waals surface area contributed by atoms with Gasteiger partial charge < -0.3 is 19.9 Å². The number of hydrogen-bond acceptors (Lipinski definition) is 5. The summed E-state index contributed by atoms with van der Waals surface area (Å²) in [4.78, 5) is 45.3. The van der Waals surface area contributed by atoms with Gasteiger partial charge in [-0.25, -0.2) is 4.79 Å². The Hall–Kier alpha value is -3.86. The Bertz CT molecular complexity index is 1800. The van der Waals surface area contributed by atoms with Gasteiger partial charge in [0.15, 0.2) is 0 Å². The van der Waals surface area contributed by atoms with Gasteiger partial charge in [0.25, 0.3) is 11.8 Å². The van der Waals surface area contributed by atoms with Crippen LogP contribution in [0.25, 0.3) is 5.69 Å². The Balaban J connectivity index is 1.23. The van der Waals surface area contributed by atoms with E-state index in [1.165, 1.54) is 4.57 Å². The van der Waals surface area contributed by atoms with E-state index in [0.717, 1.165) is 37.2 Å². The fourth-order valence-electron chi connectivity index (χ4n) is 6.10. The maximum atomic E-state index is 13.9. The molecule has 226 valence electrons. The lowest BCUT2D eigenvalue weighted by atomic mass is 10.1. The first-order chi connectivity index (χ1) is 21.3. The highest BCUT2D eigenvalue weighted by Crippen LogP contribution is 2.43. The minimum absolute atomic E-state index is 0.00979. The van der Waals surface area contributed by atoms with Gasteiger partial charge in [-0.3, -0.25) is 18.7 Å². The second-order valence-corrected chi connectivity index (χ2v) is 12.8. The fraction of sp³-hybridized carbons (Fsp3) is 0.303. The van der Waals surface area contributed by atoms with E-state index in [4.69, 9.17) is 16.3 Å². The number of ether oxygens (including phenoxy) is 1. The molecule has 0 atom stereocenters. The quantitative estimate of drug-likeness (QED) is 0.310. The minimum atomic E-state index is -0.381. The number of morpholine rings is 1. The summed E-state index contributed by atoms with van der Waals surface area (Å²) in [6, 6.07) is 22.4. The number of benzene rings is 3. The third-order valence-corrected chi connectivity index (χ3v) is 9.91. The first-order valence-electron chi connectivity index (χ1n) is 14.7. The van der Waals surface area contributed by atoms with Crippen LogP contribution in [0.15, 0.2) is 82.1 Å². The number of hydrogen-bond donors (Lipinski definition) is 1. The van der Waals surface area contributed by atoms with Crippen molar-refractivity contribution in [3.8, 4) is 5.69 Å². The molecule has 11 heteroatoms. The first kappa shape index (κ1) is 28.9. The molecule has 7 rings (SSSR count). The largest absolute Gasteiger partial charge is 0.371 e. The maximum absolute atomic E-state index is 13.9. The molecule has 1 saturated carbocycles. The summed E-state index contributed by atoms with van der Waals surface area (Å²) in [7, 11) is 0. The van der Waals surface area contributed by atoms with Crippen LogP contribution in [0.4, 0.5) is 5.69 Å². The normalized spacial score (nSPS) is 17.0. The molecular weight excluding hydrogens is 646 g/mol. The van der Waals surface area contributed by atoms with Crippen LogP contribution >= 0.6 is 27.5 Å². The number of imidazole rings is 1. The Morgan fingerprint density at radius 1 is 0.955 bits per heavy atom. The van der Waals surface area contributed by atoms with E-state index in [0.29, 0.717) is 46.1 Å². The van der Waals surface area contributed by atoms with Gasteiger partial charge >= 0.3 is 5.69 Å². The predicted octanol–water partition coefficient (Wildman–Crippen LogP) is 5.01. The van der Waals surface area contributed by atoms with Crippen molar-refractivity contribution in [2.45, 2.75) is 38.1 Å². The third-order valence-electron chi connectivity index (χ3n) is 8.67. The van der Waals surface area contributed by atoms with Crippen molar-refractivity contribution in [2.24, 2.45) is 0 Å². The van der Waals surface area contributed by atoms with Crippen molar-refractivity contribution < 1.29 is 14.3 Å². The molecule has 0 radical (unpaired) electrons. The molecule has 0 unspecified atom stereocenters. The molecule has 44 heavy (non-hydrogen) atoms. The summed E-state index contributed by atoms with van der Waals surface area (Å²) < 4.78 is 9.76. The van der Waals surface area contributed by atoms with Crippen LogP contribution in [0, 0.1) is 0 Å². The summed E-state index contributed by atoms with van der Waals surface area (Å²) in [5.41, 5.74) is 3.44. The van der Waals surface area contributed by atoms with Crippen LogP contribution in [-0.4, -0.2) is 57.7 Å². The standard InChI is InChI=1S/C33H31BrClN5O4/c34-26-11-6-23(18-27(26)35)31(42)37-14-15-39-28(20-37)29(30(41)36-19-22-4-2-1-3-5-22)40(32(39)43)25-9-7-24(8-10-25)38-16-17-44-33(21-38)12-13-33/h1-11,18H,12-17,19-21H2,(H,36,41). The molecule has 3 heterocycles. The van der Waals surface area contributed by atoms with E-state index in [1.807, 2.05) is 54.6 Å². The van der Waals surface area contributed by atoms with E-state index in [2.05, 4.69) is 26.1 Å². The number of carbonyl (C=O) groups is 2. The van der Waals surface area contributed by atoms with E-state index >= 15 is 0 Å². The van der Waals surface area contributed by atoms with Gasteiger partial charge in [0.05, 0.1) is 35.2 Å². The summed E-state index contributed by atoms with van der Waals surface area (Å²) in [6.45, 7) is 3.36. The van der Waals surface area contributed by atoms with Gasteiger partial charge in [-0.05, 0) is 76.8 Å². The lowest BCUT2D eigenvalue weighted by Gasteiger charge is -2.35. The van der Waals surface area contributed by atoms with E-state index in [9.17, 15) is 14.4 Å². The Kier molecular flexibility index (Phi) is 7.60. The monoisotopic (exact) mass is 675 g/mol. The van der Waals surface area contributed by atoms with Crippen LogP contribution in [0.2, 0.25) is 5.02 Å². The molecule has 2 fully saturated rings. The maximum Gasteiger partial charge on any atom is 0.333 e. The molecule has 1 aromatic heterocycles. The molecule has 1 aliphatic carbocycles. The zero-order valence-electron chi connectivity index (χ0n) is 24.0. The Labute approximate surface area is 268 Å². The van der Waals surface area contributed by atoms with Gasteiger partial charge in [0, 0.05) is 48.4 Å². The van der Waals surface area contributed by atoms with Gasteiger partial charge in [-0.2, -0.15) is 0 Å². The van der Waals surface area contributed by atoms with E-state index in [-0.39, 0.29) is 41.9 Å².